The summed E-state index contributed by atoms with van der Waals surface area (Å²) < 4.78 is 29.0. The van der Waals surface area contributed by atoms with Gasteiger partial charge >= 0.3 is 0 Å². The molecular weight excluding hydrogens is 392 g/mol. The minimum absolute atomic E-state index is 0.0663. The predicted molar refractivity (Wildman–Crippen MR) is 114 cm³/mol. The van der Waals surface area contributed by atoms with Crippen molar-refractivity contribution in [2.24, 2.45) is 0 Å². The van der Waals surface area contributed by atoms with E-state index in [9.17, 15) is 13.2 Å². The molecule has 1 aliphatic carbocycles. The summed E-state index contributed by atoms with van der Waals surface area (Å²) in [6.07, 6.45) is 5.00. The van der Waals surface area contributed by atoms with E-state index in [1.54, 1.807) is 28.8 Å². The van der Waals surface area contributed by atoms with Crippen LogP contribution in [0.2, 0.25) is 0 Å². The number of amides is 1. The molecule has 28 heavy (non-hydrogen) atoms. The first-order chi connectivity index (χ1) is 13.5. The van der Waals surface area contributed by atoms with Gasteiger partial charge in [0.05, 0.1) is 16.3 Å². The molecule has 1 aliphatic heterocycles. The van der Waals surface area contributed by atoms with Gasteiger partial charge in [-0.25, -0.2) is 8.42 Å². The minimum atomic E-state index is -3.74. The van der Waals surface area contributed by atoms with Crippen LogP contribution in [-0.2, 0) is 27.7 Å². The van der Waals surface area contributed by atoms with Crippen LogP contribution in [0.3, 0.4) is 0 Å². The van der Waals surface area contributed by atoms with E-state index < -0.39 is 10.0 Å². The van der Waals surface area contributed by atoms with Crippen molar-refractivity contribution in [1.82, 2.24) is 0 Å². The average Bonchev–Trinajstić information content (AvgIpc) is 2.90. The summed E-state index contributed by atoms with van der Waals surface area (Å²) in [6, 6.07) is 10.9. The number of nitrogens with one attached hydrogen (secondary N) is 1. The normalized spacial score (nSPS) is 16.7. The summed E-state index contributed by atoms with van der Waals surface area (Å²) in [4.78, 5) is 14.9. The number of fused-ring (bicyclic) bond motifs is 2. The van der Waals surface area contributed by atoms with Gasteiger partial charge in [0.1, 0.15) is 0 Å². The van der Waals surface area contributed by atoms with Crippen LogP contribution in [0.25, 0.3) is 0 Å². The molecular formula is C21H24N2O3S2. The fourth-order valence-corrected chi connectivity index (χ4v) is 6.02. The van der Waals surface area contributed by atoms with Crippen molar-refractivity contribution in [1.29, 1.82) is 0 Å². The van der Waals surface area contributed by atoms with E-state index >= 15 is 0 Å². The highest BCUT2D eigenvalue weighted by Gasteiger charge is 2.24. The Morgan fingerprint density at radius 2 is 1.93 bits per heavy atom. The van der Waals surface area contributed by atoms with Gasteiger partial charge in [-0.05, 0) is 73.2 Å². The van der Waals surface area contributed by atoms with E-state index in [0.29, 0.717) is 17.9 Å². The Hall–Kier alpha value is -1.99. The zero-order valence-electron chi connectivity index (χ0n) is 15.9. The van der Waals surface area contributed by atoms with Crippen LogP contribution in [0.4, 0.5) is 11.4 Å². The molecule has 0 aromatic heterocycles. The van der Waals surface area contributed by atoms with Gasteiger partial charge in [0.15, 0.2) is 0 Å². The predicted octanol–water partition coefficient (Wildman–Crippen LogP) is 4.21. The lowest BCUT2D eigenvalue weighted by Gasteiger charge is -2.22. The third-order valence-electron chi connectivity index (χ3n) is 5.34. The Kier molecular flexibility index (Phi) is 5.38. The maximum absolute atomic E-state index is 13.1. The highest BCUT2D eigenvalue weighted by molar-refractivity contribution is 7.99. The molecule has 0 bridgehead atoms. The topological polar surface area (TPSA) is 66.5 Å². The number of rotatable bonds is 3. The van der Waals surface area contributed by atoms with Gasteiger partial charge in [-0.2, -0.15) is 0 Å². The first-order valence-corrected chi connectivity index (χ1v) is 12.1. The molecule has 1 N–H and O–H groups in total. The van der Waals surface area contributed by atoms with Crippen LogP contribution in [0.1, 0.15) is 37.3 Å². The third kappa shape index (κ3) is 3.78. The summed E-state index contributed by atoms with van der Waals surface area (Å²) >= 11 is 1.66. The fraction of sp³-hybridized carbons (Fsp3) is 0.381. The van der Waals surface area contributed by atoms with Crippen LogP contribution in [0.5, 0.6) is 0 Å². The van der Waals surface area contributed by atoms with Gasteiger partial charge in [-0.15, -0.1) is 11.8 Å². The van der Waals surface area contributed by atoms with Gasteiger partial charge in [0.2, 0.25) is 5.91 Å². The lowest BCUT2D eigenvalue weighted by atomic mass is 9.91. The van der Waals surface area contributed by atoms with Crippen molar-refractivity contribution in [2.45, 2.75) is 48.8 Å². The van der Waals surface area contributed by atoms with Crippen LogP contribution in [0, 0.1) is 0 Å². The van der Waals surface area contributed by atoms with Crippen LogP contribution in [0.15, 0.2) is 46.2 Å². The number of thioether (sulfide) groups is 1. The Balaban J connectivity index is 1.70. The molecule has 0 saturated heterocycles. The van der Waals surface area contributed by atoms with Crippen LogP contribution in [-0.4, -0.2) is 26.6 Å². The molecule has 5 nitrogen and oxygen atoms in total. The lowest BCUT2D eigenvalue weighted by molar-refractivity contribution is -0.116. The first kappa shape index (κ1) is 19.3. The van der Waals surface area contributed by atoms with Crippen molar-refractivity contribution in [3.05, 3.63) is 47.5 Å². The molecule has 0 fully saturated rings. The summed E-state index contributed by atoms with van der Waals surface area (Å²) in [5, 5.41) is 0. The quantitative estimate of drug-likeness (QED) is 0.814. The summed E-state index contributed by atoms with van der Waals surface area (Å²) in [5.41, 5.74) is 3.69. The molecule has 0 saturated carbocycles. The Bertz CT molecular complexity index is 1020. The second-order valence-corrected chi connectivity index (χ2v) is 10.1. The number of nitrogens with zero attached hydrogens (tertiary/aromatic N) is 1. The average molecular weight is 417 g/mol. The molecule has 2 aromatic carbocycles. The maximum Gasteiger partial charge on any atom is 0.261 e. The number of carbonyl (C=O) groups is 1. The molecule has 0 radical (unpaired) electrons. The van der Waals surface area contributed by atoms with Crippen LogP contribution >= 0.6 is 11.8 Å². The van der Waals surface area contributed by atoms with Crippen LogP contribution < -0.4 is 9.62 Å². The summed E-state index contributed by atoms with van der Waals surface area (Å²) in [6.45, 7) is 2.13. The Labute approximate surface area is 170 Å². The smallest absolute Gasteiger partial charge is 0.261 e. The van der Waals surface area contributed by atoms with Crippen molar-refractivity contribution in [3.63, 3.8) is 0 Å². The minimum Gasteiger partial charge on any atom is -0.311 e. The van der Waals surface area contributed by atoms with E-state index in [0.717, 1.165) is 48.3 Å². The molecule has 2 aliphatic rings. The third-order valence-corrected chi connectivity index (χ3v) is 7.85. The lowest BCUT2D eigenvalue weighted by Crippen LogP contribution is -2.29. The number of aryl methyl sites for hydroxylation is 1. The number of hydrogen-bond donors (Lipinski definition) is 1. The van der Waals surface area contributed by atoms with Crippen molar-refractivity contribution in [2.75, 3.05) is 21.9 Å². The largest absolute Gasteiger partial charge is 0.311 e. The second-order valence-electron chi connectivity index (χ2n) is 7.26. The maximum atomic E-state index is 13.1. The van der Waals surface area contributed by atoms with E-state index in [2.05, 4.69) is 10.8 Å². The summed E-state index contributed by atoms with van der Waals surface area (Å²) in [5.74, 6) is 0.848. The first-order valence-electron chi connectivity index (χ1n) is 9.64. The highest BCUT2D eigenvalue weighted by Crippen LogP contribution is 2.36. The SMILES string of the molecule is CC(=O)N1CCCSc2ccc(S(=O)(=O)Nc3cccc4c3CCCC4)cc21. The zero-order valence-corrected chi connectivity index (χ0v) is 17.5. The zero-order chi connectivity index (χ0) is 19.7. The van der Waals surface area contributed by atoms with E-state index in [1.807, 2.05) is 18.2 Å². The Morgan fingerprint density at radius 1 is 1.11 bits per heavy atom. The number of sulfonamides is 1. The van der Waals surface area contributed by atoms with Crippen molar-refractivity contribution in [3.8, 4) is 0 Å². The van der Waals surface area contributed by atoms with Gasteiger partial charge in [-0.3, -0.25) is 9.52 Å². The fourth-order valence-electron chi connectivity index (χ4n) is 3.93. The van der Waals surface area contributed by atoms with E-state index in [1.165, 1.54) is 12.5 Å². The second kappa shape index (κ2) is 7.79. The van der Waals surface area contributed by atoms with Gasteiger partial charge in [0.25, 0.3) is 10.0 Å². The summed E-state index contributed by atoms with van der Waals surface area (Å²) in [7, 11) is -3.74. The molecule has 1 amide bonds. The number of carbonyl (C=O) groups excluding carboxylic acids is 1. The number of hydrogen-bond acceptors (Lipinski definition) is 4. The number of anilines is 2. The molecule has 148 valence electrons. The highest BCUT2D eigenvalue weighted by atomic mass is 32.2. The standard InChI is InChI=1S/C21H24N2O3S2/c1-15(24)23-12-5-13-27-21-11-10-17(14-20(21)23)28(25,26)22-19-9-4-7-16-6-2-3-8-18(16)19/h4,7,9-11,14,22H,2-3,5-6,8,12-13H2,1H3. The van der Waals surface area contributed by atoms with Gasteiger partial charge in [-0.1, -0.05) is 12.1 Å². The van der Waals surface area contributed by atoms with Crippen molar-refractivity contribution >= 4 is 39.1 Å². The molecule has 0 unspecified atom stereocenters. The monoisotopic (exact) mass is 416 g/mol. The molecule has 4 rings (SSSR count). The molecule has 7 heteroatoms. The molecule has 0 spiro atoms. The van der Waals surface area contributed by atoms with E-state index in [4.69, 9.17) is 0 Å². The Morgan fingerprint density at radius 3 is 2.75 bits per heavy atom. The molecule has 2 aromatic rings. The number of benzene rings is 2. The van der Waals surface area contributed by atoms with Gasteiger partial charge in [0, 0.05) is 18.4 Å². The molecule has 1 heterocycles. The van der Waals surface area contributed by atoms with Crippen molar-refractivity contribution < 1.29 is 13.2 Å². The molecule has 0 atom stereocenters. The van der Waals surface area contributed by atoms with E-state index in [-0.39, 0.29) is 10.8 Å². The van der Waals surface area contributed by atoms with Gasteiger partial charge < -0.3 is 4.90 Å².